The van der Waals surface area contributed by atoms with Gasteiger partial charge in [0.1, 0.15) is 6.54 Å². The van der Waals surface area contributed by atoms with E-state index in [4.69, 9.17) is 5.11 Å². The number of hydrogen-bond donors (Lipinski definition) is 1. The standard InChI is InChI=1S/C19H36N2O2.ClH/c1-2-3-4-5-6-7-8-9-10-11-12-13-14-20-15-16-21(18-20)17-19(22)23;/h15-16H,2-14,17-18H2,1H3,(H,22,23);1H. The number of carboxylic acid groups (broad SMARTS) is 1. The minimum Gasteiger partial charge on any atom is -0.480 e. The number of rotatable bonds is 15. The molecule has 0 bridgehead atoms. The van der Waals surface area contributed by atoms with Gasteiger partial charge in [-0.25, -0.2) is 0 Å². The van der Waals surface area contributed by atoms with Crippen molar-refractivity contribution >= 4 is 18.4 Å². The molecule has 0 aromatic heterocycles. The number of aliphatic carboxylic acids is 1. The highest BCUT2D eigenvalue weighted by molar-refractivity contribution is 5.85. The molecule has 24 heavy (non-hydrogen) atoms. The first-order valence-electron chi connectivity index (χ1n) is 9.60. The van der Waals surface area contributed by atoms with Crippen molar-refractivity contribution in [2.45, 2.75) is 84.0 Å². The summed E-state index contributed by atoms with van der Waals surface area (Å²) in [4.78, 5) is 14.7. The Hall–Kier alpha value is -0.900. The summed E-state index contributed by atoms with van der Waals surface area (Å²) >= 11 is 0. The van der Waals surface area contributed by atoms with Crippen molar-refractivity contribution in [1.82, 2.24) is 9.80 Å². The Bertz CT molecular complexity index is 337. The fourth-order valence-corrected chi connectivity index (χ4v) is 3.09. The topological polar surface area (TPSA) is 43.8 Å². The van der Waals surface area contributed by atoms with Crippen LogP contribution in [0.15, 0.2) is 12.4 Å². The zero-order valence-corrected chi connectivity index (χ0v) is 16.2. The van der Waals surface area contributed by atoms with E-state index >= 15 is 0 Å². The van der Waals surface area contributed by atoms with E-state index < -0.39 is 5.97 Å². The molecule has 0 fully saturated rings. The predicted molar refractivity (Wildman–Crippen MR) is 103 cm³/mol. The largest absolute Gasteiger partial charge is 0.480 e. The molecular weight excluding hydrogens is 324 g/mol. The van der Waals surface area contributed by atoms with E-state index in [1.54, 1.807) is 0 Å². The molecule has 1 aliphatic heterocycles. The van der Waals surface area contributed by atoms with Gasteiger partial charge in [0.2, 0.25) is 0 Å². The highest BCUT2D eigenvalue weighted by atomic mass is 35.5. The van der Waals surface area contributed by atoms with Crippen LogP contribution in [-0.2, 0) is 4.79 Å². The molecule has 0 saturated carbocycles. The molecular formula is C19H37ClN2O2. The second-order valence-corrected chi connectivity index (χ2v) is 6.78. The number of halogens is 1. The molecule has 4 nitrogen and oxygen atoms in total. The normalized spacial score (nSPS) is 13.4. The molecule has 0 atom stereocenters. The lowest BCUT2D eigenvalue weighted by atomic mass is 10.1. The van der Waals surface area contributed by atoms with E-state index in [1.165, 1.54) is 77.0 Å². The molecule has 1 rings (SSSR count). The quantitative estimate of drug-likeness (QED) is 0.405. The Morgan fingerprint density at radius 1 is 0.833 bits per heavy atom. The monoisotopic (exact) mass is 360 g/mol. The van der Waals surface area contributed by atoms with E-state index in [0.717, 1.165) is 13.2 Å². The SMILES string of the molecule is CCCCCCCCCCCCCCN1C=CN(CC(=O)O)C1.Cl. The number of nitrogens with zero attached hydrogens (tertiary/aromatic N) is 2. The van der Waals surface area contributed by atoms with Gasteiger partial charge in [-0.15, -0.1) is 12.4 Å². The minimum absolute atomic E-state index is 0. The highest BCUT2D eigenvalue weighted by Gasteiger charge is 2.13. The zero-order chi connectivity index (χ0) is 16.8. The van der Waals surface area contributed by atoms with Crippen LogP contribution in [-0.4, -0.2) is 40.6 Å². The molecule has 0 radical (unpaired) electrons. The van der Waals surface area contributed by atoms with Crippen LogP contribution in [0, 0.1) is 0 Å². The van der Waals surface area contributed by atoms with Crippen molar-refractivity contribution in [3.63, 3.8) is 0 Å². The van der Waals surface area contributed by atoms with Crippen molar-refractivity contribution < 1.29 is 9.90 Å². The first-order chi connectivity index (χ1) is 11.2. The summed E-state index contributed by atoms with van der Waals surface area (Å²) < 4.78 is 0. The summed E-state index contributed by atoms with van der Waals surface area (Å²) in [6.45, 7) is 4.14. The van der Waals surface area contributed by atoms with E-state index in [9.17, 15) is 4.79 Å². The maximum Gasteiger partial charge on any atom is 0.323 e. The molecule has 1 aliphatic rings. The van der Waals surface area contributed by atoms with Gasteiger partial charge in [0, 0.05) is 18.9 Å². The van der Waals surface area contributed by atoms with Crippen molar-refractivity contribution in [3.8, 4) is 0 Å². The summed E-state index contributed by atoms with van der Waals surface area (Å²) in [7, 11) is 0. The van der Waals surface area contributed by atoms with Gasteiger partial charge in [-0.3, -0.25) is 4.79 Å². The summed E-state index contributed by atoms with van der Waals surface area (Å²) in [5.41, 5.74) is 0. The molecule has 0 saturated heterocycles. The molecule has 0 aromatic carbocycles. The zero-order valence-electron chi connectivity index (χ0n) is 15.4. The molecule has 0 spiro atoms. The third kappa shape index (κ3) is 12.5. The predicted octanol–water partition coefficient (Wildman–Crippen LogP) is 5.24. The smallest absolute Gasteiger partial charge is 0.323 e. The molecule has 1 N–H and O–H groups in total. The van der Waals surface area contributed by atoms with E-state index in [0.29, 0.717) is 0 Å². The maximum absolute atomic E-state index is 10.6. The van der Waals surface area contributed by atoms with Crippen LogP contribution < -0.4 is 0 Å². The second kappa shape index (κ2) is 15.6. The Morgan fingerprint density at radius 3 is 1.79 bits per heavy atom. The molecule has 5 heteroatoms. The molecule has 0 aromatic rings. The average Bonchev–Trinajstić information content (AvgIpc) is 2.95. The first kappa shape index (κ1) is 23.1. The van der Waals surface area contributed by atoms with Crippen LogP contribution in [0.25, 0.3) is 0 Å². The highest BCUT2D eigenvalue weighted by Crippen LogP contribution is 2.13. The number of carboxylic acids is 1. The lowest BCUT2D eigenvalue weighted by Crippen LogP contribution is -2.29. The Morgan fingerprint density at radius 2 is 1.29 bits per heavy atom. The lowest BCUT2D eigenvalue weighted by Gasteiger charge is -2.19. The van der Waals surface area contributed by atoms with Gasteiger partial charge >= 0.3 is 5.97 Å². The van der Waals surface area contributed by atoms with Gasteiger partial charge in [0.15, 0.2) is 0 Å². The van der Waals surface area contributed by atoms with Crippen LogP contribution in [0.2, 0.25) is 0 Å². The molecule has 0 amide bonds. The third-order valence-electron chi connectivity index (χ3n) is 4.49. The summed E-state index contributed by atoms with van der Waals surface area (Å²) in [6, 6.07) is 0. The van der Waals surface area contributed by atoms with Gasteiger partial charge in [-0.1, -0.05) is 77.6 Å². The molecule has 1 heterocycles. The van der Waals surface area contributed by atoms with Crippen molar-refractivity contribution in [3.05, 3.63) is 12.4 Å². The average molecular weight is 361 g/mol. The van der Waals surface area contributed by atoms with Crippen LogP contribution in [0.3, 0.4) is 0 Å². The van der Waals surface area contributed by atoms with E-state index in [1.807, 2.05) is 17.3 Å². The fraction of sp³-hybridized carbons (Fsp3) is 0.842. The number of carbonyl (C=O) groups is 1. The number of hydrogen-bond acceptors (Lipinski definition) is 3. The van der Waals surface area contributed by atoms with Gasteiger partial charge in [-0.2, -0.15) is 0 Å². The van der Waals surface area contributed by atoms with Crippen molar-refractivity contribution in [2.75, 3.05) is 19.8 Å². The third-order valence-corrected chi connectivity index (χ3v) is 4.49. The summed E-state index contributed by atoms with van der Waals surface area (Å²) in [5.74, 6) is -0.762. The van der Waals surface area contributed by atoms with Crippen molar-refractivity contribution in [1.29, 1.82) is 0 Å². The van der Waals surface area contributed by atoms with Crippen LogP contribution in [0.5, 0.6) is 0 Å². The first-order valence-corrected chi connectivity index (χ1v) is 9.60. The van der Waals surface area contributed by atoms with E-state index in [-0.39, 0.29) is 19.0 Å². The van der Waals surface area contributed by atoms with Crippen LogP contribution >= 0.6 is 12.4 Å². The fourth-order valence-electron chi connectivity index (χ4n) is 3.09. The second-order valence-electron chi connectivity index (χ2n) is 6.78. The van der Waals surface area contributed by atoms with Crippen LogP contribution in [0.1, 0.15) is 84.0 Å². The maximum atomic E-state index is 10.6. The molecule has 0 unspecified atom stereocenters. The molecule has 0 aliphatic carbocycles. The Balaban J connectivity index is 0.00000529. The van der Waals surface area contributed by atoms with Gasteiger partial charge < -0.3 is 14.9 Å². The minimum atomic E-state index is -0.762. The lowest BCUT2D eigenvalue weighted by molar-refractivity contribution is -0.137. The summed E-state index contributed by atoms with van der Waals surface area (Å²) in [6.07, 6.45) is 20.3. The summed E-state index contributed by atoms with van der Waals surface area (Å²) in [5, 5.41) is 8.75. The molecule has 142 valence electrons. The van der Waals surface area contributed by atoms with Crippen LogP contribution in [0.4, 0.5) is 0 Å². The number of unbranched alkanes of at least 4 members (excludes halogenated alkanes) is 11. The van der Waals surface area contributed by atoms with Gasteiger partial charge in [-0.05, 0) is 6.42 Å². The van der Waals surface area contributed by atoms with Gasteiger partial charge in [0.05, 0.1) is 6.67 Å². The Kier molecular flexibility index (Phi) is 15.0. The van der Waals surface area contributed by atoms with Crippen molar-refractivity contribution in [2.24, 2.45) is 0 Å². The van der Waals surface area contributed by atoms with Gasteiger partial charge in [0.25, 0.3) is 0 Å². The van der Waals surface area contributed by atoms with E-state index in [2.05, 4.69) is 11.8 Å². The Labute approximate surface area is 154 Å².